The number of benzene rings is 4. The molecule has 5 rings (SSSR count). The van der Waals surface area contributed by atoms with Gasteiger partial charge >= 0.3 is 5.97 Å². The molecule has 192 valence electrons. The van der Waals surface area contributed by atoms with Crippen LogP contribution < -0.4 is 9.62 Å². The largest absolute Gasteiger partial charge is 0.478 e. The second-order valence-electron chi connectivity index (χ2n) is 9.26. The van der Waals surface area contributed by atoms with E-state index < -0.39 is 27.9 Å². The van der Waals surface area contributed by atoms with Crippen LogP contribution in [0.25, 0.3) is 11.1 Å². The SMILES string of the molecule is Cc1cccc(-c2ccc(S(=O)(=O)N3c4ccccc4C[C@H]3C(=O)NCc3ccc(C(=O)O)cc3)cc2)c1. The molecule has 0 radical (unpaired) electrons. The number of anilines is 1. The lowest BCUT2D eigenvalue weighted by Gasteiger charge is -2.26. The standard InChI is InChI=1S/C30H26N2O5S/c1-20-5-4-7-24(17-20)22-13-15-26(16-14-22)38(36,37)32-27-8-3-2-6-25(27)18-28(32)29(33)31-19-21-9-11-23(12-10-21)30(34)35/h2-17,28H,18-19H2,1H3,(H,31,33)(H,34,35)/t28-/m0/s1. The van der Waals surface area contributed by atoms with E-state index >= 15 is 0 Å². The molecule has 4 aromatic carbocycles. The van der Waals surface area contributed by atoms with Gasteiger partial charge in [0.05, 0.1) is 16.1 Å². The summed E-state index contributed by atoms with van der Waals surface area (Å²) in [4.78, 5) is 24.5. The molecule has 0 saturated carbocycles. The summed E-state index contributed by atoms with van der Waals surface area (Å²) >= 11 is 0. The molecule has 2 N–H and O–H groups in total. The van der Waals surface area contributed by atoms with Gasteiger partial charge in [-0.15, -0.1) is 0 Å². The number of hydrogen-bond donors (Lipinski definition) is 2. The quantitative estimate of drug-likeness (QED) is 0.360. The van der Waals surface area contributed by atoms with Crippen molar-refractivity contribution < 1.29 is 23.1 Å². The fraction of sp³-hybridized carbons (Fsp3) is 0.133. The number of nitrogens with one attached hydrogen (secondary N) is 1. The van der Waals surface area contributed by atoms with Gasteiger partial charge in [-0.25, -0.2) is 13.2 Å². The maximum atomic E-state index is 13.9. The van der Waals surface area contributed by atoms with Gasteiger partial charge in [0.1, 0.15) is 6.04 Å². The smallest absolute Gasteiger partial charge is 0.335 e. The Balaban J connectivity index is 1.41. The van der Waals surface area contributed by atoms with E-state index in [1.807, 2.05) is 43.3 Å². The van der Waals surface area contributed by atoms with Crippen molar-refractivity contribution in [3.05, 3.63) is 119 Å². The molecular formula is C30H26N2O5S. The molecule has 1 aliphatic rings. The number of fused-ring (bicyclic) bond motifs is 1. The topological polar surface area (TPSA) is 104 Å². The Bertz CT molecular complexity index is 1610. The first-order valence-electron chi connectivity index (χ1n) is 12.1. The van der Waals surface area contributed by atoms with Gasteiger partial charge in [0.15, 0.2) is 0 Å². The number of carboxylic acids is 1. The van der Waals surface area contributed by atoms with Gasteiger partial charge in [-0.1, -0.05) is 72.3 Å². The molecule has 1 amide bonds. The fourth-order valence-corrected chi connectivity index (χ4v) is 6.33. The van der Waals surface area contributed by atoms with Gasteiger partial charge in [-0.2, -0.15) is 0 Å². The number of nitrogens with zero attached hydrogens (tertiary/aromatic N) is 1. The molecular weight excluding hydrogens is 500 g/mol. The number of sulfonamides is 1. The lowest BCUT2D eigenvalue weighted by atomic mass is 10.0. The van der Waals surface area contributed by atoms with Crippen LogP contribution in [0.1, 0.15) is 27.0 Å². The molecule has 4 aromatic rings. The van der Waals surface area contributed by atoms with Crippen LogP contribution in [0.3, 0.4) is 0 Å². The molecule has 1 atom stereocenters. The average molecular weight is 527 g/mol. The average Bonchev–Trinajstić information content (AvgIpc) is 3.33. The van der Waals surface area contributed by atoms with Crippen LogP contribution in [0.2, 0.25) is 0 Å². The van der Waals surface area contributed by atoms with Crippen molar-refractivity contribution in [2.75, 3.05) is 4.31 Å². The van der Waals surface area contributed by atoms with Crippen molar-refractivity contribution >= 4 is 27.6 Å². The second-order valence-corrected chi connectivity index (χ2v) is 11.1. The first kappa shape index (κ1) is 25.2. The van der Waals surface area contributed by atoms with Crippen molar-refractivity contribution in [3.63, 3.8) is 0 Å². The predicted molar refractivity (Wildman–Crippen MR) is 145 cm³/mol. The molecule has 0 fully saturated rings. The number of amides is 1. The molecule has 7 nitrogen and oxygen atoms in total. The van der Waals surface area contributed by atoms with Crippen molar-refractivity contribution in [2.24, 2.45) is 0 Å². The minimum atomic E-state index is -4.04. The van der Waals surface area contributed by atoms with Gasteiger partial charge in [0, 0.05) is 13.0 Å². The minimum Gasteiger partial charge on any atom is -0.478 e. The number of aromatic carboxylic acids is 1. The van der Waals surface area contributed by atoms with Crippen LogP contribution in [0.5, 0.6) is 0 Å². The van der Waals surface area contributed by atoms with E-state index in [-0.39, 0.29) is 23.4 Å². The highest BCUT2D eigenvalue weighted by molar-refractivity contribution is 7.93. The van der Waals surface area contributed by atoms with Crippen LogP contribution in [-0.2, 0) is 27.8 Å². The third-order valence-corrected chi connectivity index (χ3v) is 8.50. The highest BCUT2D eigenvalue weighted by atomic mass is 32.2. The van der Waals surface area contributed by atoms with E-state index in [1.165, 1.54) is 16.4 Å². The number of carbonyl (C=O) groups is 2. The molecule has 1 aliphatic heterocycles. The fourth-order valence-electron chi connectivity index (χ4n) is 4.68. The Morgan fingerprint density at radius 3 is 2.29 bits per heavy atom. The number of carboxylic acid groups (broad SMARTS) is 1. The van der Waals surface area contributed by atoms with Gasteiger partial charge in [0.2, 0.25) is 5.91 Å². The second kappa shape index (κ2) is 10.1. The summed E-state index contributed by atoms with van der Waals surface area (Å²) in [7, 11) is -4.04. The van der Waals surface area contributed by atoms with Crippen molar-refractivity contribution in [3.8, 4) is 11.1 Å². The van der Waals surface area contributed by atoms with Gasteiger partial charge in [0.25, 0.3) is 10.0 Å². The lowest BCUT2D eigenvalue weighted by molar-refractivity contribution is -0.122. The number of carbonyl (C=O) groups excluding carboxylic acids is 1. The zero-order chi connectivity index (χ0) is 26.9. The molecule has 1 heterocycles. The normalized spacial score (nSPS) is 14.7. The summed E-state index contributed by atoms with van der Waals surface area (Å²) in [5.41, 5.74) is 5.13. The molecule has 0 saturated heterocycles. The van der Waals surface area contributed by atoms with Crippen molar-refractivity contribution in [1.29, 1.82) is 0 Å². The first-order chi connectivity index (χ1) is 18.2. The van der Waals surface area contributed by atoms with E-state index in [0.717, 1.165) is 22.3 Å². The molecule has 0 unspecified atom stereocenters. The molecule has 8 heteroatoms. The molecule has 0 aromatic heterocycles. The molecule has 0 bridgehead atoms. The Kier molecular flexibility index (Phi) is 6.73. The molecule has 0 aliphatic carbocycles. The van der Waals surface area contributed by atoms with Crippen LogP contribution in [0.4, 0.5) is 5.69 Å². The first-order valence-corrected chi connectivity index (χ1v) is 13.6. The lowest BCUT2D eigenvalue weighted by Crippen LogP contribution is -2.47. The van der Waals surface area contributed by atoms with Gasteiger partial charge in [-0.05, 0) is 59.5 Å². The predicted octanol–water partition coefficient (Wildman–Crippen LogP) is 4.80. The molecule has 0 spiro atoms. The zero-order valence-corrected chi connectivity index (χ0v) is 21.5. The third kappa shape index (κ3) is 4.90. The minimum absolute atomic E-state index is 0.104. The third-order valence-electron chi connectivity index (χ3n) is 6.66. The van der Waals surface area contributed by atoms with Crippen molar-refractivity contribution in [1.82, 2.24) is 5.32 Å². The number of hydrogen-bond acceptors (Lipinski definition) is 4. The van der Waals surface area contributed by atoms with Crippen LogP contribution in [0, 0.1) is 6.92 Å². The zero-order valence-electron chi connectivity index (χ0n) is 20.7. The summed E-state index contributed by atoms with van der Waals surface area (Å²) in [6, 6.07) is 27.0. The summed E-state index contributed by atoms with van der Waals surface area (Å²) in [5.74, 6) is -1.46. The Hall–Kier alpha value is -4.43. The highest BCUT2D eigenvalue weighted by Gasteiger charge is 2.42. The van der Waals surface area contributed by atoms with Crippen molar-refractivity contribution in [2.45, 2.75) is 30.8 Å². The summed E-state index contributed by atoms with van der Waals surface area (Å²) in [5, 5.41) is 11.9. The van der Waals surface area contributed by atoms with E-state index in [4.69, 9.17) is 5.11 Å². The van der Waals surface area contributed by atoms with E-state index in [9.17, 15) is 18.0 Å². The highest BCUT2D eigenvalue weighted by Crippen LogP contribution is 2.37. The monoisotopic (exact) mass is 526 g/mol. The van der Waals surface area contributed by atoms with E-state index in [0.29, 0.717) is 11.3 Å². The van der Waals surface area contributed by atoms with Crippen LogP contribution >= 0.6 is 0 Å². The van der Waals surface area contributed by atoms with Gasteiger partial charge in [-0.3, -0.25) is 9.10 Å². The van der Waals surface area contributed by atoms with E-state index in [2.05, 4.69) is 5.32 Å². The van der Waals surface area contributed by atoms with Gasteiger partial charge < -0.3 is 10.4 Å². The summed E-state index contributed by atoms with van der Waals surface area (Å²) in [6.45, 7) is 2.15. The maximum absolute atomic E-state index is 13.9. The maximum Gasteiger partial charge on any atom is 0.335 e. The number of para-hydroxylation sites is 1. The number of rotatable bonds is 7. The molecule has 38 heavy (non-hydrogen) atoms. The Morgan fingerprint density at radius 1 is 0.895 bits per heavy atom. The van der Waals surface area contributed by atoms with Crippen LogP contribution in [0.15, 0.2) is 102 Å². The Labute approximate surface area is 221 Å². The summed E-state index contributed by atoms with van der Waals surface area (Å²) < 4.78 is 29.0. The summed E-state index contributed by atoms with van der Waals surface area (Å²) in [6.07, 6.45) is 0.251. The number of aryl methyl sites for hydroxylation is 1. The Morgan fingerprint density at radius 2 is 1.61 bits per heavy atom. The van der Waals surface area contributed by atoms with E-state index in [1.54, 1.807) is 48.5 Å². The van der Waals surface area contributed by atoms with Crippen LogP contribution in [-0.4, -0.2) is 31.4 Å².